The Morgan fingerprint density at radius 1 is 1.00 bits per heavy atom. The van der Waals surface area contributed by atoms with E-state index in [2.05, 4.69) is 0 Å². The monoisotopic (exact) mass is 343 g/mol. The summed E-state index contributed by atoms with van der Waals surface area (Å²) >= 11 is 0. The number of carbonyl (C=O) groups is 1. The van der Waals surface area contributed by atoms with Gasteiger partial charge >= 0.3 is 0 Å². The SMILES string of the molecule is CN(C(=O)CC1CCC(c2ccccc2F)CC1)c1ccc(F)cc1. The second-order valence-corrected chi connectivity index (χ2v) is 6.87. The van der Waals surface area contributed by atoms with Crippen LogP contribution in [0.3, 0.4) is 0 Å². The molecule has 1 aliphatic carbocycles. The van der Waals surface area contributed by atoms with Crippen molar-refractivity contribution in [3.8, 4) is 0 Å². The summed E-state index contributed by atoms with van der Waals surface area (Å²) in [6.07, 6.45) is 4.18. The highest BCUT2D eigenvalue weighted by atomic mass is 19.1. The predicted octanol–water partition coefficient (Wildman–Crippen LogP) is 5.29. The van der Waals surface area contributed by atoms with Crippen LogP contribution in [0.15, 0.2) is 48.5 Å². The van der Waals surface area contributed by atoms with Gasteiger partial charge in [0, 0.05) is 19.2 Å². The van der Waals surface area contributed by atoms with Crippen LogP contribution in [-0.4, -0.2) is 13.0 Å². The van der Waals surface area contributed by atoms with Crippen molar-refractivity contribution < 1.29 is 13.6 Å². The largest absolute Gasteiger partial charge is 0.315 e. The molecule has 132 valence electrons. The summed E-state index contributed by atoms with van der Waals surface area (Å²) in [5.74, 6) is 0.191. The van der Waals surface area contributed by atoms with Gasteiger partial charge in [-0.1, -0.05) is 18.2 Å². The molecule has 0 spiro atoms. The van der Waals surface area contributed by atoms with E-state index in [0.29, 0.717) is 18.0 Å². The number of halogens is 2. The van der Waals surface area contributed by atoms with Gasteiger partial charge in [0.05, 0.1) is 0 Å². The van der Waals surface area contributed by atoms with Crippen LogP contribution in [-0.2, 0) is 4.79 Å². The fourth-order valence-electron chi connectivity index (χ4n) is 3.68. The fourth-order valence-corrected chi connectivity index (χ4v) is 3.68. The van der Waals surface area contributed by atoms with E-state index in [1.54, 1.807) is 30.1 Å². The Hall–Kier alpha value is -2.23. The zero-order chi connectivity index (χ0) is 17.8. The molecule has 2 nitrogen and oxygen atoms in total. The van der Waals surface area contributed by atoms with Gasteiger partial charge in [0.15, 0.2) is 0 Å². The lowest BCUT2D eigenvalue weighted by Gasteiger charge is -2.29. The molecule has 0 radical (unpaired) electrons. The van der Waals surface area contributed by atoms with Crippen LogP contribution in [0.25, 0.3) is 0 Å². The molecule has 1 amide bonds. The standard InChI is InChI=1S/C21H23F2NO/c1-24(18-12-10-17(22)11-13-18)21(25)14-15-6-8-16(9-7-15)19-4-2-3-5-20(19)23/h2-5,10-13,15-16H,6-9,14H2,1H3. The number of hydrogen-bond donors (Lipinski definition) is 0. The molecule has 0 atom stereocenters. The van der Waals surface area contributed by atoms with Crippen molar-refractivity contribution in [2.24, 2.45) is 5.92 Å². The third-order valence-electron chi connectivity index (χ3n) is 5.24. The third-order valence-corrected chi connectivity index (χ3v) is 5.24. The minimum Gasteiger partial charge on any atom is -0.315 e. The van der Waals surface area contributed by atoms with Crippen LogP contribution >= 0.6 is 0 Å². The number of benzene rings is 2. The lowest BCUT2D eigenvalue weighted by molar-refractivity contribution is -0.119. The lowest BCUT2D eigenvalue weighted by Crippen LogP contribution is -2.29. The smallest absolute Gasteiger partial charge is 0.226 e. The molecule has 0 aliphatic heterocycles. The van der Waals surface area contributed by atoms with Crippen LogP contribution in [0, 0.1) is 17.6 Å². The molecule has 1 aliphatic rings. The van der Waals surface area contributed by atoms with Crippen LogP contribution in [0.1, 0.15) is 43.6 Å². The van der Waals surface area contributed by atoms with Crippen LogP contribution in [0.5, 0.6) is 0 Å². The molecule has 3 rings (SSSR count). The summed E-state index contributed by atoms with van der Waals surface area (Å²) < 4.78 is 26.9. The van der Waals surface area contributed by atoms with Gasteiger partial charge in [-0.2, -0.15) is 0 Å². The Kier molecular flexibility index (Phi) is 5.47. The number of hydrogen-bond acceptors (Lipinski definition) is 1. The van der Waals surface area contributed by atoms with E-state index >= 15 is 0 Å². The first-order valence-electron chi connectivity index (χ1n) is 8.81. The fraction of sp³-hybridized carbons (Fsp3) is 0.381. The van der Waals surface area contributed by atoms with E-state index in [9.17, 15) is 13.6 Å². The molecule has 0 unspecified atom stereocenters. The third kappa shape index (κ3) is 4.25. The highest BCUT2D eigenvalue weighted by Crippen LogP contribution is 2.38. The molecule has 0 saturated heterocycles. The Morgan fingerprint density at radius 3 is 2.28 bits per heavy atom. The van der Waals surface area contributed by atoms with E-state index in [-0.39, 0.29) is 23.5 Å². The molecule has 2 aromatic rings. The summed E-state index contributed by atoms with van der Waals surface area (Å²) in [7, 11) is 1.72. The van der Waals surface area contributed by atoms with Gasteiger partial charge in [-0.15, -0.1) is 0 Å². The number of amides is 1. The van der Waals surface area contributed by atoms with Gasteiger partial charge in [-0.25, -0.2) is 8.78 Å². The van der Waals surface area contributed by atoms with E-state index in [1.807, 2.05) is 12.1 Å². The van der Waals surface area contributed by atoms with Crippen LogP contribution in [0.4, 0.5) is 14.5 Å². The van der Waals surface area contributed by atoms with Crippen molar-refractivity contribution in [2.45, 2.75) is 38.0 Å². The van der Waals surface area contributed by atoms with Crippen molar-refractivity contribution >= 4 is 11.6 Å². The van der Waals surface area contributed by atoms with Gasteiger partial charge in [-0.3, -0.25) is 4.79 Å². The molecule has 4 heteroatoms. The first-order chi connectivity index (χ1) is 12.0. The highest BCUT2D eigenvalue weighted by Gasteiger charge is 2.26. The predicted molar refractivity (Wildman–Crippen MR) is 95.5 cm³/mol. The van der Waals surface area contributed by atoms with E-state index in [1.165, 1.54) is 18.2 Å². The number of rotatable bonds is 4. The zero-order valence-corrected chi connectivity index (χ0v) is 14.4. The first kappa shape index (κ1) is 17.6. The lowest BCUT2D eigenvalue weighted by atomic mass is 9.77. The van der Waals surface area contributed by atoms with E-state index in [4.69, 9.17) is 0 Å². The van der Waals surface area contributed by atoms with Crippen molar-refractivity contribution in [3.05, 3.63) is 65.7 Å². The van der Waals surface area contributed by atoms with Crippen molar-refractivity contribution in [3.63, 3.8) is 0 Å². The van der Waals surface area contributed by atoms with Gasteiger partial charge < -0.3 is 4.90 Å². The van der Waals surface area contributed by atoms with Gasteiger partial charge in [0.25, 0.3) is 0 Å². The molecular weight excluding hydrogens is 320 g/mol. The second-order valence-electron chi connectivity index (χ2n) is 6.87. The summed E-state index contributed by atoms with van der Waals surface area (Å²) in [5, 5.41) is 0. The molecule has 0 heterocycles. The molecule has 0 N–H and O–H groups in total. The number of anilines is 1. The minimum absolute atomic E-state index is 0.0425. The summed E-state index contributed by atoms with van der Waals surface area (Å²) in [5.41, 5.74) is 1.50. The minimum atomic E-state index is -0.309. The summed E-state index contributed by atoms with van der Waals surface area (Å²) in [4.78, 5) is 14.1. The summed E-state index contributed by atoms with van der Waals surface area (Å²) in [6, 6.07) is 12.9. The molecule has 0 aromatic heterocycles. The van der Waals surface area contributed by atoms with Crippen LogP contribution < -0.4 is 4.90 Å². The van der Waals surface area contributed by atoms with Crippen molar-refractivity contribution in [1.82, 2.24) is 0 Å². The van der Waals surface area contributed by atoms with Gasteiger partial charge in [0.1, 0.15) is 11.6 Å². The molecule has 2 aromatic carbocycles. The zero-order valence-electron chi connectivity index (χ0n) is 14.4. The maximum absolute atomic E-state index is 13.9. The second kappa shape index (κ2) is 7.77. The molecule has 0 bridgehead atoms. The van der Waals surface area contributed by atoms with Gasteiger partial charge in [0.2, 0.25) is 5.91 Å². The topological polar surface area (TPSA) is 20.3 Å². The molecule has 25 heavy (non-hydrogen) atoms. The Morgan fingerprint density at radius 2 is 1.64 bits per heavy atom. The van der Waals surface area contributed by atoms with Crippen molar-refractivity contribution in [2.75, 3.05) is 11.9 Å². The average Bonchev–Trinajstić information content (AvgIpc) is 2.63. The Bertz CT molecular complexity index is 721. The molecule has 1 saturated carbocycles. The molecule has 1 fully saturated rings. The summed E-state index contributed by atoms with van der Waals surface area (Å²) in [6.45, 7) is 0. The highest BCUT2D eigenvalue weighted by molar-refractivity contribution is 5.92. The average molecular weight is 343 g/mol. The Balaban J connectivity index is 1.54. The van der Waals surface area contributed by atoms with Gasteiger partial charge in [-0.05, 0) is 73.4 Å². The van der Waals surface area contributed by atoms with Crippen molar-refractivity contribution in [1.29, 1.82) is 0 Å². The maximum atomic E-state index is 13.9. The van der Waals surface area contributed by atoms with E-state index < -0.39 is 0 Å². The maximum Gasteiger partial charge on any atom is 0.226 e. The quantitative estimate of drug-likeness (QED) is 0.738. The van der Waals surface area contributed by atoms with Crippen LogP contribution in [0.2, 0.25) is 0 Å². The number of carbonyl (C=O) groups excluding carboxylic acids is 1. The van der Waals surface area contributed by atoms with E-state index in [0.717, 1.165) is 31.2 Å². The number of nitrogens with zero attached hydrogens (tertiary/aromatic N) is 1. The first-order valence-corrected chi connectivity index (χ1v) is 8.81. The Labute approximate surface area is 147 Å². The normalized spacial score (nSPS) is 20.3. The molecular formula is C21H23F2NO.